The van der Waals surface area contributed by atoms with Crippen molar-refractivity contribution in [2.75, 3.05) is 0 Å². The predicted octanol–water partition coefficient (Wildman–Crippen LogP) is 3.61. The number of aryl methyl sites for hydroxylation is 2. The second-order valence-corrected chi connectivity index (χ2v) is 5.56. The van der Waals surface area contributed by atoms with E-state index in [1.54, 1.807) is 4.68 Å². The summed E-state index contributed by atoms with van der Waals surface area (Å²) in [6.45, 7) is 4.42. The number of hydrogen-bond acceptors (Lipinski definition) is 2. The average Bonchev–Trinajstić information content (AvgIpc) is 2.71. The van der Waals surface area contributed by atoms with Gasteiger partial charge in [-0.2, -0.15) is 5.10 Å². The Morgan fingerprint density at radius 2 is 2.05 bits per heavy atom. The minimum atomic E-state index is -0.954. The lowest BCUT2D eigenvalue weighted by Crippen LogP contribution is -2.13. The van der Waals surface area contributed by atoms with E-state index in [4.69, 9.17) is 0 Å². The summed E-state index contributed by atoms with van der Waals surface area (Å²) in [6.07, 6.45) is -0.00477. The Kier molecular flexibility index (Phi) is 4.88. The van der Waals surface area contributed by atoms with Gasteiger partial charge in [-0.25, -0.2) is 8.78 Å². The Morgan fingerprint density at radius 1 is 1.33 bits per heavy atom. The van der Waals surface area contributed by atoms with Gasteiger partial charge >= 0.3 is 0 Å². The van der Waals surface area contributed by atoms with Gasteiger partial charge in [0.25, 0.3) is 0 Å². The van der Waals surface area contributed by atoms with Gasteiger partial charge in [-0.15, -0.1) is 0 Å². The summed E-state index contributed by atoms with van der Waals surface area (Å²) in [6, 6.07) is 3.86. The number of nitrogens with zero attached hydrogens (tertiary/aromatic N) is 2. The lowest BCUT2D eigenvalue weighted by Gasteiger charge is -2.06. The van der Waals surface area contributed by atoms with Crippen LogP contribution < -0.4 is 0 Å². The van der Waals surface area contributed by atoms with Crippen LogP contribution in [0.25, 0.3) is 0 Å². The molecule has 0 N–H and O–H groups in total. The molecule has 1 aromatic heterocycles. The van der Waals surface area contributed by atoms with E-state index in [2.05, 4.69) is 21.0 Å². The molecule has 0 atom stereocenters. The summed E-state index contributed by atoms with van der Waals surface area (Å²) in [5.74, 6) is -2.07. The van der Waals surface area contributed by atoms with Gasteiger partial charge in [-0.1, -0.05) is 12.1 Å². The average molecular weight is 357 g/mol. The molecule has 1 aromatic carbocycles. The van der Waals surface area contributed by atoms with Gasteiger partial charge < -0.3 is 0 Å². The van der Waals surface area contributed by atoms with Crippen LogP contribution in [-0.4, -0.2) is 15.6 Å². The lowest BCUT2D eigenvalue weighted by atomic mass is 10.0. The topological polar surface area (TPSA) is 34.9 Å². The third kappa shape index (κ3) is 3.37. The zero-order chi connectivity index (χ0) is 15.6. The molecule has 0 bridgehead atoms. The maximum atomic E-state index is 13.6. The van der Waals surface area contributed by atoms with Gasteiger partial charge in [-0.05, 0) is 41.4 Å². The standard InChI is InChI=1S/C15H15BrF2N2O/c1-3-20-13(14(16)9(2)19-20)8-11(21)7-10-5-4-6-12(17)15(10)18/h4-6H,3,7-8H2,1-2H3. The molecular weight excluding hydrogens is 342 g/mol. The van der Waals surface area contributed by atoms with Gasteiger partial charge in [0, 0.05) is 19.4 Å². The summed E-state index contributed by atoms with van der Waals surface area (Å²) in [5, 5.41) is 4.30. The second-order valence-electron chi connectivity index (χ2n) is 4.77. The molecule has 2 rings (SSSR count). The van der Waals surface area contributed by atoms with Crippen molar-refractivity contribution in [1.29, 1.82) is 0 Å². The quantitative estimate of drug-likeness (QED) is 0.820. The van der Waals surface area contributed by atoms with Crippen molar-refractivity contribution in [3.63, 3.8) is 0 Å². The van der Waals surface area contributed by atoms with Crippen molar-refractivity contribution in [2.24, 2.45) is 0 Å². The van der Waals surface area contributed by atoms with Gasteiger partial charge in [-0.3, -0.25) is 9.48 Å². The number of carbonyl (C=O) groups is 1. The van der Waals surface area contributed by atoms with E-state index in [1.807, 2.05) is 13.8 Å². The molecule has 0 radical (unpaired) electrons. The van der Waals surface area contributed by atoms with Gasteiger partial charge in [0.2, 0.25) is 0 Å². The molecule has 0 aliphatic heterocycles. The monoisotopic (exact) mass is 356 g/mol. The van der Waals surface area contributed by atoms with Crippen LogP contribution in [0, 0.1) is 18.6 Å². The normalized spacial score (nSPS) is 10.9. The highest BCUT2D eigenvalue weighted by Gasteiger charge is 2.17. The first kappa shape index (κ1) is 15.8. The van der Waals surface area contributed by atoms with Crippen molar-refractivity contribution in [3.05, 3.63) is 51.3 Å². The summed E-state index contributed by atoms with van der Waals surface area (Å²) in [4.78, 5) is 12.1. The zero-order valence-electron chi connectivity index (χ0n) is 11.8. The van der Waals surface area contributed by atoms with Crippen molar-refractivity contribution >= 4 is 21.7 Å². The second kappa shape index (κ2) is 6.47. The van der Waals surface area contributed by atoms with Gasteiger partial charge in [0.15, 0.2) is 11.6 Å². The molecular formula is C15H15BrF2N2O. The highest BCUT2D eigenvalue weighted by Crippen LogP contribution is 2.22. The van der Waals surface area contributed by atoms with E-state index < -0.39 is 11.6 Å². The largest absolute Gasteiger partial charge is 0.299 e. The maximum absolute atomic E-state index is 13.6. The number of Topliss-reactive ketones (excluding diaryl/α,β-unsaturated/α-hetero) is 1. The zero-order valence-corrected chi connectivity index (χ0v) is 13.4. The lowest BCUT2D eigenvalue weighted by molar-refractivity contribution is -0.117. The highest BCUT2D eigenvalue weighted by molar-refractivity contribution is 9.10. The minimum absolute atomic E-state index is 0.0791. The van der Waals surface area contributed by atoms with Crippen molar-refractivity contribution in [1.82, 2.24) is 9.78 Å². The predicted molar refractivity (Wildman–Crippen MR) is 79.1 cm³/mol. The first-order valence-corrected chi connectivity index (χ1v) is 7.39. The summed E-state index contributed by atoms with van der Waals surface area (Å²) < 4.78 is 29.2. The Bertz CT molecular complexity index is 683. The van der Waals surface area contributed by atoms with E-state index in [9.17, 15) is 13.6 Å². The number of aromatic nitrogens is 2. The molecule has 6 heteroatoms. The van der Waals surface area contributed by atoms with Crippen LogP contribution >= 0.6 is 15.9 Å². The maximum Gasteiger partial charge on any atom is 0.162 e. The van der Waals surface area contributed by atoms with Crippen molar-refractivity contribution in [2.45, 2.75) is 33.2 Å². The van der Waals surface area contributed by atoms with Crippen LogP contribution in [0.4, 0.5) is 8.78 Å². The number of rotatable bonds is 5. The number of carbonyl (C=O) groups excluding carboxylic acids is 1. The molecule has 0 aliphatic carbocycles. The smallest absolute Gasteiger partial charge is 0.162 e. The fourth-order valence-corrected chi connectivity index (χ4v) is 2.61. The molecule has 0 saturated carbocycles. The van der Waals surface area contributed by atoms with Crippen LogP contribution in [-0.2, 0) is 24.2 Å². The van der Waals surface area contributed by atoms with Gasteiger partial charge in [0.05, 0.1) is 15.9 Å². The molecule has 1 heterocycles. The summed E-state index contributed by atoms with van der Waals surface area (Å²) >= 11 is 3.41. The molecule has 0 spiro atoms. The first-order valence-electron chi connectivity index (χ1n) is 6.60. The fraction of sp³-hybridized carbons (Fsp3) is 0.333. The molecule has 0 unspecified atom stereocenters. The SMILES string of the molecule is CCn1nc(C)c(Br)c1CC(=O)Cc1cccc(F)c1F. The van der Waals surface area contributed by atoms with Crippen LogP contribution in [0.1, 0.15) is 23.9 Å². The summed E-state index contributed by atoms with van der Waals surface area (Å²) in [5.41, 5.74) is 1.64. The third-order valence-corrected chi connectivity index (χ3v) is 4.27. The molecule has 2 aromatic rings. The summed E-state index contributed by atoms with van der Waals surface area (Å²) in [7, 11) is 0. The highest BCUT2D eigenvalue weighted by atomic mass is 79.9. The van der Waals surface area contributed by atoms with Crippen molar-refractivity contribution in [3.8, 4) is 0 Å². The van der Waals surface area contributed by atoms with Crippen LogP contribution in [0.5, 0.6) is 0 Å². The van der Waals surface area contributed by atoms with E-state index in [-0.39, 0.29) is 24.2 Å². The molecule has 21 heavy (non-hydrogen) atoms. The minimum Gasteiger partial charge on any atom is -0.299 e. The first-order chi connectivity index (χ1) is 9.93. The number of ketones is 1. The molecule has 0 amide bonds. The Hall–Kier alpha value is -1.56. The Morgan fingerprint density at radius 3 is 2.71 bits per heavy atom. The van der Waals surface area contributed by atoms with Crippen molar-refractivity contribution < 1.29 is 13.6 Å². The number of benzene rings is 1. The molecule has 0 saturated heterocycles. The molecule has 3 nitrogen and oxygen atoms in total. The van der Waals surface area contributed by atoms with E-state index >= 15 is 0 Å². The number of hydrogen-bond donors (Lipinski definition) is 0. The van der Waals surface area contributed by atoms with Gasteiger partial charge in [0.1, 0.15) is 5.78 Å². The molecule has 0 aliphatic rings. The van der Waals surface area contributed by atoms with Crippen LogP contribution in [0.3, 0.4) is 0 Å². The Balaban J connectivity index is 2.17. The van der Waals surface area contributed by atoms with E-state index in [0.29, 0.717) is 6.54 Å². The van der Waals surface area contributed by atoms with E-state index in [1.165, 1.54) is 12.1 Å². The van der Waals surface area contributed by atoms with Crippen LogP contribution in [0.15, 0.2) is 22.7 Å². The third-order valence-electron chi connectivity index (χ3n) is 3.24. The number of halogens is 3. The molecule has 112 valence electrons. The fourth-order valence-electron chi connectivity index (χ4n) is 2.18. The Labute approximate surface area is 130 Å². The van der Waals surface area contributed by atoms with E-state index in [0.717, 1.165) is 21.9 Å². The van der Waals surface area contributed by atoms with Crippen LogP contribution in [0.2, 0.25) is 0 Å². The molecule has 0 fully saturated rings.